The van der Waals surface area contributed by atoms with E-state index in [1.165, 1.54) is 19.1 Å². The molecule has 4 nitrogen and oxygen atoms in total. The lowest BCUT2D eigenvalue weighted by atomic mass is 10.1. The smallest absolute Gasteiger partial charge is 0.221 e. The molecule has 0 saturated carbocycles. The van der Waals surface area contributed by atoms with Crippen molar-refractivity contribution in [3.05, 3.63) is 22.7 Å². The van der Waals surface area contributed by atoms with Gasteiger partial charge in [0.15, 0.2) is 0 Å². The van der Waals surface area contributed by atoms with Gasteiger partial charge < -0.3 is 15.5 Å². The molecule has 16 heavy (non-hydrogen) atoms. The van der Waals surface area contributed by atoms with Crippen LogP contribution in [-0.2, 0) is 11.2 Å². The highest BCUT2D eigenvalue weighted by Gasteiger charge is 2.14. The fourth-order valence-corrected chi connectivity index (χ4v) is 1.66. The van der Waals surface area contributed by atoms with Crippen LogP contribution in [0.4, 0.5) is 5.69 Å². The summed E-state index contributed by atoms with van der Waals surface area (Å²) >= 11 is 5.96. The van der Waals surface area contributed by atoms with E-state index in [0.717, 1.165) is 0 Å². The molecule has 0 spiro atoms. The van der Waals surface area contributed by atoms with Crippen molar-refractivity contribution >= 4 is 23.2 Å². The maximum absolute atomic E-state index is 11.0. The van der Waals surface area contributed by atoms with Crippen LogP contribution < -0.4 is 5.32 Å². The van der Waals surface area contributed by atoms with Crippen LogP contribution >= 0.6 is 11.6 Å². The predicted molar refractivity (Wildman–Crippen MR) is 62.8 cm³/mol. The minimum atomic E-state index is -0.605. The number of rotatable bonds is 3. The van der Waals surface area contributed by atoms with Crippen molar-refractivity contribution in [1.82, 2.24) is 0 Å². The fraction of sp³-hybridized carbons (Fsp3) is 0.364. The highest BCUT2D eigenvalue weighted by atomic mass is 35.5. The molecule has 3 N–H and O–H groups in total. The number of hydrogen-bond acceptors (Lipinski definition) is 3. The van der Waals surface area contributed by atoms with Crippen molar-refractivity contribution < 1.29 is 15.0 Å². The number of halogens is 1. The monoisotopic (exact) mass is 243 g/mol. The molecule has 1 aromatic carbocycles. The molecule has 1 atom stereocenters. The Morgan fingerprint density at radius 2 is 2.19 bits per heavy atom. The van der Waals surface area contributed by atoms with E-state index in [0.29, 0.717) is 10.6 Å². The van der Waals surface area contributed by atoms with Gasteiger partial charge in [0.25, 0.3) is 0 Å². The van der Waals surface area contributed by atoms with Crippen molar-refractivity contribution in [2.75, 3.05) is 5.32 Å². The highest BCUT2D eigenvalue weighted by Crippen LogP contribution is 2.33. The van der Waals surface area contributed by atoms with Gasteiger partial charge in [0, 0.05) is 23.9 Å². The molecule has 0 radical (unpaired) electrons. The Balaban J connectivity index is 3.19. The van der Waals surface area contributed by atoms with Gasteiger partial charge in [-0.15, -0.1) is 0 Å². The Morgan fingerprint density at radius 3 is 2.69 bits per heavy atom. The van der Waals surface area contributed by atoms with Gasteiger partial charge >= 0.3 is 0 Å². The van der Waals surface area contributed by atoms with E-state index < -0.39 is 6.10 Å². The first kappa shape index (κ1) is 12.8. The van der Waals surface area contributed by atoms with Gasteiger partial charge in [-0.3, -0.25) is 4.79 Å². The summed E-state index contributed by atoms with van der Waals surface area (Å²) in [7, 11) is 0. The molecular formula is C11H14ClNO3. The first-order chi connectivity index (χ1) is 7.41. The number of hydrogen-bond donors (Lipinski definition) is 3. The van der Waals surface area contributed by atoms with E-state index in [1.54, 1.807) is 6.92 Å². The molecule has 0 aliphatic rings. The number of phenols is 1. The number of benzene rings is 1. The van der Waals surface area contributed by atoms with Crippen LogP contribution in [0, 0.1) is 0 Å². The molecule has 0 bridgehead atoms. The van der Waals surface area contributed by atoms with Crippen LogP contribution in [0.3, 0.4) is 0 Å². The molecule has 0 heterocycles. The van der Waals surface area contributed by atoms with Gasteiger partial charge in [0.2, 0.25) is 5.91 Å². The Kier molecular flexibility index (Phi) is 4.15. The molecule has 0 saturated heterocycles. The fourth-order valence-electron chi connectivity index (χ4n) is 1.42. The molecule has 1 unspecified atom stereocenters. The molecule has 0 aromatic heterocycles. The average Bonchev–Trinajstić information content (AvgIpc) is 2.16. The number of aromatic hydroxyl groups is 1. The maximum Gasteiger partial charge on any atom is 0.221 e. The van der Waals surface area contributed by atoms with E-state index in [1.807, 2.05) is 0 Å². The Labute approximate surface area is 98.9 Å². The average molecular weight is 244 g/mol. The molecule has 5 heteroatoms. The third-order valence-corrected chi connectivity index (χ3v) is 2.39. The number of aliphatic hydroxyl groups is 1. The lowest BCUT2D eigenvalue weighted by Crippen LogP contribution is -2.12. The molecule has 1 aromatic rings. The lowest BCUT2D eigenvalue weighted by molar-refractivity contribution is -0.114. The standard InChI is InChI=1S/C11H14ClNO3/c1-6(14)5-8-9(12)3-4-10(16)11(8)13-7(2)15/h3-4,6,14,16H,5H2,1-2H3,(H,13,15). The van der Waals surface area contributed by atoms with Crippen LogP contribution in [-0.4, -0.2) is 22.2 Å². The predicted octanol–water partition coefficient (Wildman–Crippen LogP) is 1.93. The quantitative estimate of drug-likeness (QED) is 0.711. The molecule has 0 aliphatic carbocycles. The summed E-state index contributed by atoms with van der Waals surface area (Å²) in [4.78, 5) is 11.0. The molecule has 0 aliphatic heterocycles. The van der Waals surface area contributed by atoms with Gasteiger partial charge in [-0.1, -0.05) is 11.6 Å². The molecular weight excluding hydrogens is 230 g/mol. The molecule has 88 valence electrons. The van der Waals surface area contributed by atoms with E-state index in [4.69, 9.17) is 11.6 Å². The third kappa shape index (κ3) is 3.12. The minimum Gasteiger partial charge on any atom is -0.506 e. The largest absolute Gasteiger partial charge is 0.506 e. The number of phenolic OH excluding ortho intramolecular Hbond substituents is 1. The SMILES string of the molecule is CC(=O)Nc1c(O)ccc(Cl)c1CC(C)O. The van der Waals surface area contributed by atoms with Crippen molar-refractivity contribution in [2.24, 2.45) is 0 Å². The summed E-state index contributed by atoms with van der Waals surface area (Å²) in [6.07, 6.45) is -0.338. The Morgan fingerprint density at radius 1 is 1.56 bits per heavy atom. The highest BCUT2D eigenvalue weighted by molar-refractivity contribution is 6.32. The number of amides is 1. The normalized spacial score (nSPS) is 12.2. The van der Waals surface area contributed by atoms with E-state index in [2.05, 4.69) is 5.32 Å². The number of carbonyl (C=O) groups is 1. The van der Waals surface area contributed by atoms with E-state index in [-0.39, 0.29) is 23.8 Å². The second-order valence-corrected chi connectivity index (χ2v) is 4.06. The number of aliphatic hydroxyl groups excluding tert-OH is 1. The second kappa shape index (κ2) is 5.18. The van der Waals surface area contributed by atoms with Crippen LogP contribution in [0.25, 0.3) is 0 Å². The summed E-state index contributed by atoms with van der Waals surface area (Å²) < 4.78 is 0. The summed E-state index contributed by atoms with van der Waals surface area (Å²) in [6.45, 7) is 2.95. The zero-order valence-electron chi connectivity index (χ0n) is 9.12. The van der Waals surface area contributed by atoms with Gasteiger partial charge in [-0.2, -0.15) is 0 Å². The summed E-state index contributed by atoms with van der Waals surface area (Å²) in [5.41, 5.74) is 0.799. The Bertz CT molecular complexity index is 404. The van der Waals surface area contributed by atoms with Crippen molar-refractivity contribution in [2.45, 2.75) is 26.4 Å². The summed E-state index contributed by atoms with van der Waals surface area (Å²) in [6, 6.07) is 2.93. The van der Waals surface area contributed by atoms with Gasteiger partial charge in [0.1, 0.15) is 5.75 Å². The topological polar surface area (TPSA) is 69.6 Å². The maximum atomic E-state index is 11.0. The molecule has 0 fully saturated rings. The van der Waals surface area contributed by atoms with Crippen molar-refractivity contribution in [3.8, 4) is 5.75 Å². The zero-order valence-corrected chi connectivity index (χ0v) is 9.88. The first-order valence-corrected chi connectivity index (χ1v) is 5.25. The van der Waals surface area contributed by atoms with Crippen LogP contribution in [0.2, 0.25) is 5.02 Å². The second-order valence-electron chi connectivity index (χ2n) is 3.65. The zero-order chi connectivity index (χ0) is 12.3. The first-order valence-electron chi connectivity index (χ1n) is 4.87. The van der Waals surface area contributed by atoms with Gasteiger partial charge in [0.05, 0.1) is 11.8 Å². The summed E-state index contributed by atoms with van der Waals surface area (Å²) in [5.74, 6) is -0.361. The van der Waals surface area contributed by atoms with Crippen molar-refractivity contribution in [1.29, 1.82) is 0 Å². The van der Waals surface area contributed by atoms with Gasteiger partial charge in [-0.25, -0.2) is 0 Å². The van der Waals surface area contributed by atoms with Crippen LogP contribution in [0.15, 0.2) is 12.1 Å². The molecule has 1 rings (SSSR count). The van der Waals surface area contributed by atoms with E-state index in [9.17, 15) is 15.0 Å². The third-order valence-electron chi connectivity index (χ3n) is 2.03. The Hall–Kier alpha value is -1.26. The molecule has 1 amide bonds. The van der Waals surface area contributed by atoms with Crippen LogP contribution in [0.1, 0.15) is 19.4 Å². The number of carbonyl (C=O) groups excluding carboxylic acids is 1. The van der Waals surface area contributed by atoms with Gasteiger partial charge in [-0.05, 0) is 19.1 Å². The summed E-state index contributed by atoms with van der Waals surface area (Å²) in [5, 5.41) is 21.9. The number of anilines is 1. The van der Waals surface area contributed by atoms with Crippen LogP contribution in [0.5, 0.6) is 5.75 Å². The minimum absolute atomic E-state index is 0.0600. The van der Waals surface area contributed by atoms with Crippen molar-refractivity contribution in [3.63, 3.8) is 0 Å². The lowest BCUT2D eigenvalue weighted by Gasteiger charge is -2.14. The van der Waals surface area contributed by atoms with E-state index >= 15 is 0 Å². The number of nitrogens with one attached hydrogen (secondary N) is 1.